The Hall–Kier alpha value is -3.37. The summed E-state index contributed by atoms with van der Waals surface area (Å²) in [7, 11) is 0. The lowest BCUT2D eigenvalue weighted by Crippen LogP contribution is -2.26. The van der Waals surface area contributed by atoms with E-state index in [1.165, 1.54) is 22.3 Å². The highest BCUT2D eigenvalue weighted by Crippen LogP contribution is 2.34. The van der Waals surface area contributed by atoms with Gasteiger partial charge in [0.05, 0.1) is 0 Å². The number of hydrogen-bond donors (Lipinski definition) is 1. The molecule has 1 atom stereocenters. The van der Waals surface area contributed by atoms with Crippen LogP contribution in [0.5, 0.6) is 5.75 Å². The summed E-state index contributed by atoms with van der Waals surface area (Å²) in [6.07, 6.45) is 1.58. The second-order valence-corrected chi connectivity index (χ2v) is 12.2. The van der Waals surface area contributed by atoms with Gasteiger partial charge in [0.2, 0.25) is 0 Å². The molecule has 0 bridgehead atoms. The smallest absolute Gasteiger partial charge is 0.333 e. The van der Waals surface area contributed by atoms with Gasteiger partial charge in [-0.15, -0.1) is 0 Å². The van der Waals surface area contributed by atoms with Crippen molar-refractivity contribution in [2.45, 2.75) is 78.7 Å². The predicted molar refractivity (Wildman–Crippen MR) is 162 cm³/mol. The molecule has 0 fully saturated rings. The maximum Gasteiger partial charge on any atom is 0.333 e. The fourth-order valence-corrected chi connectivity index (χ4v) is 4.32. The second-order valence-electron chi connectivity index (χ2n) is 12.2. The molecule has 3 aromatic rings. The molecule has 0 aliphatic heterocycles. The Kier molecular flexibility index (Phi) is 9.79. The van der Waals surface area contributed by atoms with Gasteiger partial charge < -0.3 is 14.6 Å². The number of aliphatic carboxylic acids is 1. The minimum Gasteiger partial charge on any atom is -0.490 e. The van der Waals surface area contributed by atoms with Crippen LogP contribution < -0.4 is 4.74 Å². The van der Waals surface area contributed by atoms with Crippen LogP contribution >= 0.6 is 0 Å². The first kappa shape index (κ1) is 30.2. The molecule has 0 aliphatic carbocycles. The largest absolute Gasteiger partial charge is 0.490 e. The first-order chi connectivity index (χ1) is 18.3. The number of benzene rings is 3. The summed E-state index contributed by atoms with van der Waals surface area (Å²) in [5, 5.41) is 9.28. The zero-order valence-electron chi connectivity index (χ0n) is 24.8. The Morgan fingerprint density at radius 2 is 1.41 bits per heavy atom. The molecule has 3 rings (SSSR count). The van der Waals surface area contributed by atoms with Crippen LogP contribution in [-0.4, -0.2) is 30.4 Å². The van der Waals surface area contributed by atoms with E-state index in [2.05, 4.69) is 97.0 Å². The van der Waals surface area contributed by atoms with Gasteiger partial charge in [-0.05, 0) is 81.8 Å². The van der Waals surface area contributed by atoms with Crippen molar-refractivity contribution >= 4 is 11.5 Å². The third-order valence-corrected chi connectivity index (χ3v) is 6.97. The van der Waals surface area contributed by atoms with Crippen molar-refractivity contribution < 1.29 is 19.4 Å². The van der Waals surface area contributed by atoms with Crippen LogP contribution in [0.15, 0.2) is 72.8 Å². The first-order valence-corrected chi connectivity index (χ1v) is 13.8. The zero-order chi connectivity index (χ0) is 28.8. The van der Waals surface area contributed by atoms with Crippen LogP contribution in [0.25, 0.3) is 16.7 Å². The summed E-state index contributed by atoms with van der Waals surface area (Å²) in [6.45, 7) is 18.3. The van der Waals surface area contributed by atoms with Crippen molar-refractivity contribution in [2.75, 3.05) is 13.2 Å². The van der Waals surface area contributed by atoms with Crippen LogP contribution in [-0.2, 0) is 26.8 Å². The average Bonchev–Trinajstić information content (AvgIpc) is 2.88. The standard InChI is InChI=1S/C35H44O4/c1-9-38-32(33(36)37)20-25-10-16-31(17-11-25)39-19-18-24(2)26-12-14-27(15-13-26)28-21-29(34(3,4)5)23-30(22-28)35(6,7)8/h10-18,21-23,32H,9,19-20H2,1-8H3,(H,36,37)/b24-18+/t32-/m0/s1. The number of hydrogen-bond acceptors (Lipinski definition) is 3. The summed E-state index contributed by atoms with van der Waals surface area (Å²) in [4.78, 5) is 11.3. The molecule has 0 amide bonds. The average molecular weight is 529 g/mol. The van der Waals surface area contributed by atoms with Gasteiger partial charge in [0.1, 0.15) is 12.4 Å². The van der Waals surface area contributed by atoms with Crippen molar-refractivity contribution in [3.8, 4) is 16.9 Å². The van der Waals surface area contributed by atoms with Gasteiger partial charge in [-0.25, -0.2) is 4.79 Å². The molecular formula is C35H44O4. The summed E-state index contributed by atoms with van der Waals surface area (Å²) in [5.41, 5.74) is 8.56. The van der Waals surface area contributed by atoms with Crippen molar-refractivity contribution in [3.05, 3.63) is 95.1 Å². The van der Waals surface area contributed by atoms with E-state index < -0.39 is 12.1 Å². The summed E-state index contributed by atoms with van der Waals surface area (Å²) in [6, 6.07) is 23.3. The third kappa shape index (κ3) is 8.56. The Morgan fingerprint density at radius 3 is 1.90 bits per heavy atom. The maximum atomic E-state index is 11.3. The van der Waals surface area contributed by atoms with Gasteiger partial charge in [-0.2, -0.15) is 0 Å². The zero-order valence-corrected chi connectivity index (χ0v) is 24.8. The molecule has 3 aromatic carbocycles. The quantitative estimate of drug-likeness (QED) is 0.287. The lowest BCUT2D eigenvalue weighted by atomic mass is 9.79. The Bertz CT molecular complexity index is 1240. The number of carboxylic acids is 1. The molecule has 0 saturated heterocycles. The SMILES string of the molecule is CCO[C@@H](Cc1ccc(OC/C=C(\C)c2ccc(-c3cc(C(C)(C)C)cc(C(C)(C)C)c3)cc2)cc1)C(=O)O. The van der Waals surface area contributed by atoms with E-state index in [9.17, 15) is 9.90 Å². The van der Waals surface area contributed by atoms with E-state index in [4.69, 9.17) is 9.47 Å². The van der Waals surface area contributed by atoms with Crippen LogP contribution in [0, 0.1) is 0 Å². The highest BCUT2D eigenvalue weighted by Gasteiger charge is 2.21. The fraction of sp³-hybridized carbons (Fsp3) is 0.400. The number of rotatable bonds is 10. The van der Waals surface area contributed by atoms with E-state index in [1.54, 1.807) is 6.92 Å². The van der Waals surface area contributed by atoms with E-state index in [0.29, 0.717) is 19.6 Å². The van der Waals surface area contributed by atoms with Gasteiger partial charge in [0, 0.05) is 13.0 Å². The molecule has 39 heavy (non-hydrogen) atoms. The molecule has 0 heterocycles. The van der Waals surface area contributed by atoms with Crippen molar-refractivity contribution in [1.82, 2.24) is 0 Å². The predicted octanol–water partition coefficient (Wildman–Crippen LogP) is 8.46. The highest BCUT2D eigenvalue weighted by molar-refractivity contribution is 5.73. The molecule has 0 saturated carbocycles. The van der Waals surface area contributed by atoms with Gasteiger partial charge in [-0.1, -0.05) is 96.1 Å². The lowest BCUT2D eigenvalue weighted by Gasteiger charge is -2.26. The molecule has 0 unspecified atom stereocenters. The monoisotopic (exact) mass is 528 g/mol. The molecule has 208 valence electrons. The molecule has 4 nitrogen and oxygen atoms in total. The van der Waals surface area contributed by atoms with E-state index in [1.807, 2.05) is 24.3 Å². The molecule has 0 radical (unpaired) electrons. The fourth-order valence-electron chi connectivity index (χ4n) is 4.32. The Balaban J connectivity index is 1.67. The second kappa shape index (κ2) is 12.7. The highest BCUT2D eigenvalue weighted by atomic mass is 16.5. The van der Waals surface area contributed by atoms with Gasteiger partial charge in [0.15, 0.2) is 6.10 Å². The summed E-state index contributed by atoms with van der Waals surface area (Å²) in [5.74, 6) is -0.200. The number of carboxylic acid groups (broad SMARTS) is 1. The number of carbonyl (C=O) groups is 1. The lowest BCUT2D eigenvalue weighted by molar-refractivity contribution is -0.149. The normalized spacial score (nSPS) is 13.3. The van der Waals surface area contributed by atoms with E-state index >= 15 is 0 Å². The minimum absolute atomic E-state index is 0.0833. The van der Waals surface area contributed by atoms with Crippen molar-refractivity contribution in [1.29, 1.82) is 0 Å². The topological polar surface area (TPSA) is 55.8 Å². The van der Waals surface area contributed by atoms with Crippen molar-refractivity contribution in [2.24, 2.45) is 0 Å². The number of ether oxygens (including phenoxy) is 2. The van der Waals surface area contributed by atoms with Crippen LogP contribution in [0.4, 0.5) is 0 Å². The molecule has 4 heteroatoms. The summed E-state index contributed by atoms with van der Waals surface area (Å²) < 4.78 is 11.2. The van der Waals surface area contributed by atoms with Crippen LogP contribution in [0.1, 0.15) is 77.6 Å². The number of allylic oxidation sites excluding steroid dienone is 1. The van der Waals surface area contributed by atoms with Gasteiger partial charge in [0.25, 0.3) is 0 Å². The van der Waals surface area contributed by atoms with Gasteiger partial charge in [-0.3, -0.25) is 0 Å². The molecule has 0 aliphatic rings. The molecule has 0 aromatic heterocycles. The molecular weight excluding hydrogens is 484 g/mol. The molecule has 0 spiro atoms. The summed E-state index contributed by atoms with van der Waals surface area (Å²) >= 11 is 0. The van der Waals surface area contributed by atoms with Crippen LogP contribution in [0.3, 0.4) is 0 Å². The van der Waals surface area contributed by atoms with Crippen LogP contribution in [0.2, 0.25) is 0 Å². The Morgan fingerprint density at radius 1 is 0.846 bits per heavy atom. The first-order valence-electron chi connectivity index (χ1n) is 13.8. The Labute approximate surface area is 234 Å². The molecule has 1 N–H and O–H groups in total. The maximum absolute atomic E-state index is 11.3. The van der Waals surface area contributed by atoms with E-state index in [0.717, 1.165) is 22.4 Å². The van der Waals surface area contributed by atoms with Crippen molar-refractivity contribution in [3.63, 3.8) is 0 Å². The van der Waals surface area contributed by atoms with E-state index in [-0.39, 0.29) is 10.8 Å². The minimum atomic E-state index is -0.945. The van der Waals surface area contributed by atoms with Gasteiger partial charge >= 0.3 is 5.97 Å². The third-order valence-electron chi connectivity index (χ3n) is 6.97.